The van der Waals surface area contributed by atoms with Crippen molar-refractivity contribution in [1.82, 2.24) is 0 Å². The highest BCUT2D eigenvalue weighted by Crippen LogP contribution is 2.42. The molecule has 1 fully saturated rings. The molecule has 0 aliphatic heterocycles. The van der Waals surface area contributed by atoms with Crippen LogP contribution in [0.1, 0.15) is 38.7 Å². The summed E-state index contributed by atoms with van der Waals surface area (Å²) >= 11 is 1.67. The summed E-state index contributed by atoms with van der Waals surface area (Å²) in [5.74, 6) is 1.39. The Morgan fingerprint density at radius 3 is 2.79 bits per heavy atom. The molecular formula is C12H18OS. The fourth-order valence-electron chi connectivity index (χ4n) is 2.38. The maximum Gasteiger partial charge on any atom is 0.0907 e. The van der Waals surface area contributed by atoms with Crippen molar-refractivity contribution in [2.24, 2.45) is 11.8 Å². The Balaban J connectivity index is 2.18. The Bertz CT molecular complexity index is 293. The van der Waals surface area contributed by atoms with Gasteiger partial charge in [-0.05, 0) is 53.5 Å². The second-order valence-electron chi connectivity index (χ2n) is 4.74. The van der Waals surface area contributed by atoms with Gasteiger partial charge in [0.1, 0.15) is 0 Å². The molecule has 0 spiro atoms. The lowest BCUT2D eigenvalue weighted by Crippen LogP contribution is -2.34. The van der Waals surface area contributed by atoms with E-state index >= 15 is 0 Å². The summed E-state index contributed by atoms with van der Waals surface area (Å²) in [5.41, 5.74) is 0.590. The second kappa shape index (κ2) is 3.67. The van der Waals surface area contributed by atoms with Gasteiger partial charge >= 0.3 is 0 Å². The molecule has 3 atom stereocenters. The lowest BCUT2D eigenvalue weighted by molar-refractivity contribution is -0.0332. The summed E-state index contributed by atoms with van der Waals surface area (Å²) in [6.07, 6.45) is 2.99. The highest BCUT2D eigenvalue weighted by atomic mass is 32.1. The quantitative estimate of drug-likeness (QED) is 0.753. The highest BCUT2D eigenvalue weighted by Gasteiger charge is 2.37. The van der Waals surface area contributed by atoms with Gasteiger partial charge in [0.2, 0.25) is 0 Å². The van der Waals surface area contributed by atoms with Crippen LogP contribution in [0.25, 0.3) is 0 Å². The first-order valence-electron chi connectivity index (χ1n) is 5.37. The molecule has 1 heterocycles. The minimum absolute atomic E-state index is 0.536. The Hall–Kier alpha value is -0.340. The largest absolute Gasteiger partial charge is 0.385 e. The van der Waals surface area contributed by atoms with E-state index in [4.69, 9.17) is 0 Å². The standard InChI is InChI=1S/C12H18OS/c1-9-3-5-12(13,7-10(9)2)11-4-6-14-8-11/h4,6,8-10,13H,3,5,7H2,1-2H3. The number of hydrogen-bond donors (Lipinski definition) is 1. The first kappa shape index (κ1) is 10.2. The van der Waals surface area contributed by atoms with Crippen molar-refractivity contribution in [3.05, 3.63) is 22.4 Å². The normalized spacial score (nSPS) is 38.5. The molecular weight excluding hydrogens is 192 g/mol. The molecule has 0 bridgehead atoms. The number of rotatable bonds is 1. The van der Waals surface area contributed by atoms with Crippen molar-refractivity contribution in [1.29, 1.82) is 0 Å². The summed E-state index contributed by atoms with van der Waals surface area (Å²) in [5, 5.41) is 14.7. The van der Waals surface area contributed by atoms with Crippen LogP contribution in [0.4, 0.5) is 0 Å². The molecule has 14 heavy (non-hydrogen) atoms. The third-order valence-corrected chi connectivity index (χ3v) is 4.39. The van der Waals surface area contributed by atoms with Crippen LogP contribution in [-0.2, 0) is 5.60 Å². The fourth-order valence-corrected chi connectivity index (χ4v) is 3.13. The molecule has 1 aromatic rings. The maximum absolute atomic E-state index is 10.5. The maximum atomic E-state index is 10.5. The van der Waals surface area contributed by atoms with Gasteiger partial charge in [0.05, 0.1) is 5.60 Å². The van der Waals surface area contributed by atoms with E-state index in [9.17, 15) is 5.11 Å². The Morgan fingerprint density at radius 2 is 2.21 bits per heavy atom. The van der Waals surface area contributed by atoms with E-state index in [-0.39, 0.29) is 0 Å². The lowest BCUT2D eigenvalue weighted by Gasteiger charge is -2.38. The van der Waals surface area contributed by atoms with Crippen LogP contribution >= 0.6 is 11.3 Å². The first-order chi connectivity index (χ1) is 6.62. The molecule has 1 nitrogen and oxygen atoms in total. The van der Waals surface area contributed by atoms with Crippen LogP contribution in [-0.4, -0.2) is 5.11 Å². The molecule has 1 aliphatic rings. The molecule has 2 heteroatoms. The zero-order valence-corrected chi connectivity index (χ0v) is 9.68. The monoisotopic (exact) mass is 210 g/mol. The third-order valence-electron chi connectivity index (χ3n) is 3.70. The predicted octanol–water partition coefficient (Wildman–Crippen LogP) is 3.39. The number of hydrogen-bond acceptors (Lipinski definition) is 2. The molecule has 0 saturated heterocycles. The van der Waals surface area contributed by atoms with Gasteiger partial charge in [0, 0.05) is 0 Å². The average Bonchev–Trinajstić information content (AvgIpc) is 2.65. The number of aliphatic hydroxyl groups is 1. The zero-order chi connectivity index (χ0) is 10.2. The minimum atomic E-state index is -0.536. The molecule has 0 radical (unpaired) electrons. The number of thiophene rings is 1. The molecule has 78 valence electrons. The van der Waals surface area contributed by atoms with Crippen molar-refractivity contribution < 1.29 is 5.11 Å². The van der Waals surface area contributed by atoms with Crippen LogP contribution in [0, 0.1) is 11.8 Å². The summed E-state index contributed by atoms with van der Waals surface area (Å²) in [6, 6.07) is 2.06. The van der Waals surface area contributed by atoms with Crippen LogP contribution in [0.15, 0.2) is 16.8 Å². The van der Waals surface area contributed by atoms with E-state index in [1.807, 2.05) is 0 Å². The molecule has 1 saturated carbocycles. The topological polar surface area (TPSA) is 20.2 Å². The van der Waals surface area contributed by atoms with Crippen molar-refractivity contribution >= 4 is 11.3 Å². The molecule has 0 amide bonds. The average molecular weight is 210 g/mol. The van der Waals surface area contributed by atoms with Crippen LogP contribution in [0.3, 0.4) is 0 Å². The van der Waals surface area contributed by atoms with Gasteiger partial charge in [-0.1, -0.05) is 13.8 Å². The van der Waals surface area contributed by atoms with Gasteiger partial charge < -0.3 is 5.11 Å². The SMILES string of the molecule is CC1CCC(O)(c2ccsc2)CC1C. The predicted molar refractivity (Wildman–Crippen MR) is 60.4 cm³/mol. The van der Waals surface area contributed by atoms with Gasteiger partial charge in [0.25, 0.3) is 0 Å². The third kappa shape index (κ3) is 1.73. The van der Waals surface area contributed by atoms with Gasteiger partial charge in [-0.2, -0.15) is 11.3 Å². The zero-order valence-electron chi connectivity index (χ0n) is 8.86. The van der Waals surface area contributed by atoms with E-state index in [0.29, 0.717) is 5.92 Å². The summed E-state index contributed by atoms with van der Waals surface area (Å²) in [4.78, 5) is 0. The molecule has 1 aliphatic carbocycles. The molecule has 1 N–H and O–H groups in total. The van der Waals surface area contributed by atoms with E-state index in [1.54, 1.807) is 11.3 Å². The molecule has 0 aromatic carbocycles. The van der Waals surface area contributed by atoms with Gasteiger partial charge in [0.15, 0.2) is 0 Å². The van der Waals surface area contributed by atoms with Gasteiger partial charge in [-0.15, -0.1) is 0 Å². The summed E-state index contributed by atoms with van der Waals surface area (Å²) < 4.78 is 0. The Kier molecular flexibility index (Phi) is 2.67. The van der Waals surface area contributed by atoms with E-state index in [2.05, 4.69) is 30.7 Å². The van der Waals surface area contributed by atoms with Crippen LogP contribution in [0.5, 0.6) is 0 Å². The smallest absolute Gasteiger partial charge is 0.0907 e. The fraction of sp³-hybridized carbons (Fsp3) is 0.667. The Labute approximate surface area is 89.8 Å². The minimum Gasteiger partial charge on any atom is -0.385 e. The molecule has 1 aromatic heterocycles. The van der Waals surface area contributed by atoms with Gasteiger partial charge in [-0.3, -0.25) is 0 Å². The van der Waals surface area contributed by atoms with Crippen LogP contribution < -0.4 is 0 Å². The van der Waals surface area contributed by atoms with Crippen molar-refractivity contribution in [2.75, 3.05) is 0 Å². The summed E-state index contributed by atoms with van der Waals surface area (Å²) in [6.45, 7) is 4.54. The summed E-state index contributed by atoms with van der Waals surface area (Å²) in [7, 11) is 0. The van der Waals surface area contributed by atoms with E-state index < -0.39 is 5.60 Å². The van der Waals surface area contributed by atoms with Crippen molar-refractivity contribution in [3.63, 3.8) is 0 Å². The lowest BCUT2D eigenvalue weighted by atomic mass is 9.71. The van der Waals surface area contributed by atoms with Crippen molar-refractivity contribution in [3.8, 4) is 0 Å². The van der Waals surface area contributed by atoms with Gasteiger partial charge in [-0.25, -0.2) is 0 Å². The van der Waals surface area contributed by atoms with Crippen LogP contribution in [0.2, 0.25) is 0 Å². The highest BCUT2D eigenvalue weighted by molar-refractivity contribution is 7.08. The second-order valence-corrected chi connectivity index (χ2v) is 5.52. The Morgan fingerprint density at radius 1 is 1.43 bits per heavy atom. The first-order valence-corrected chi connectivity index (χ1v) is 6.31. The van der Waals surface area contributed by atoms with Crippen molar-refractivity contribution in [2.45, 2.75) is 38.7 Å². The molecule has 3 unspecified atom stereocenters. The van der Waals surface area contributed by atoms with E-state index in [0.717, 1.165) is 30.7 Å². The van der Waals surface area contributed by atoms with E-state index in [1.165, 1.54) is 0 Å². The molecule has 2 rings (SSSR count).